The van der Waals surface area contributed by atoms with Gasteiger partial charge in [0.15, 0.2) is 12.8 Å². The van der Waals surface area contributed by atoms with E-state index in [-0.39, 0.29) is 29.3 Å². The minimum atomic E-state index is -4.46. The summed E-state index contributed by atoms with van der Waals surface area (Å²) in [6, 6.07) is 9.24. The van der Waals surface area contributed by atoms with Crippen molar-refractivity contribution in [3.05, 3.63) is 64.0 Å². The first-order valence-electron chi connectivity index (χ1n) is 13.0. The molecule has 2 aromatic rings. The summed E-state index contributed by atoms with van der Waals surface area (Å²) in [5, 5.41) is 0.598. The highest BCUT2D eigenvalue weighted by atomic mass is 32.2. The third-order valence-electron chi connectivity index (χ3n) is 7.47. The molecule has 0 amide bonds. The van der Waals surface area contributed by atoms with Crippen molar-refractivity contribution in [2.24, 2.45) is 5.92 Å². The van der Waals surface area contributed by atoms with Gasteiger partial charge in [-0.25, -0.2) is 0 Å². The molecule has 0 spiro atoms. The van der Waals surface area contributed by atoms with E-state index in [0.29, 0.717) is 16.3 Å². The molecule has 2 aliphatic carbocycles. The summed E-state index contributed by atoms with van der Waals surface area (Å²) in [5.74, 6) is -0.115. The number of alkyl halides is 3. The Balaban J connectivity index is 1.40. The lowest BCUT2D eigenvalue weighted by molar-refractivity contribution is -0.154. The van der Waals surface area contributed by atoms with Crippen molar-refractivity contribution in [2.45, 2.75) is 76.4 Å². The molecular formula is C28H31F3N2O4S. The van der Waals surface area contributed by atoms with Crippen molar-refractivity contribution < 1.29 is 31.6 Å². The number of halogens is 3. The average Bonchev–Trinajstić information content (AvgIpc) is 3.69. The number of hydrogen-bond acceptors (Lipinski definition) is 6. The Morgan fingerprint density at radius 2 is 1.92 bits per heavy atom. The summed E-state index contributed by atoms with van der Waals surface area (Å²) < 4.78 is 62.9. The second kappa shape index (κ2) is 10.7. The average molecular weight is 549 g/mol. The molecule has 0 bridgehead atoms. The molecule has 5 rings (SSSR count). The molecule has 0 radical (unpaired) electrons. The summed E-state index contributed by atoms with van der Waals surface area (Å²) >= 11 is 0. The molecule has 38 heavy (non-hydrogen) atoms. The zero-order valence-electron chi connectivity index (χ0n) is 21.4. The number of aromatic nitrogens is 1. The smallest absolute Gasteiger partial charge is 0.422 e. The summed E-state index contributed by atoms with van der Waals surface area (Å²) in [6.07, 6.45) is 1.79. The number of benzene rings is 1. The lowest BCUT2D eigenvalue weighted by Crippen LogP contribution is -2.40. The number of nitrogens with zero attached hydrogens (tertiary/aromatic N) is 2. The number of anilines is 1. The molecule has 204 valence electrons. The van der Waals surface area contributed by atoms with Gasteiger partial charge in [0.25, 0.3) is 0 Å². The third kappa shape index (κ3) is 5.60. The van der Waals surface area contributed by atoms with Crippen LogP contribution in [0.4, 0.5) is 18.9 Å². The Labute approximate surface area is 222 Å². The molecule has 3 atom stereocenters. The van der Waals surface area contributed by atoms with E-state index in [9.17, 15) is 22.2 Å². The molecule has 1 aliphatic heterocycles. The number of rotatable bonds is 8. The first-order chi connectivity index (χ1) is 18.1. The van der Waals surface area contributed by atoms with E-state index in [4.69, 9.17) is 9.47 Å². The molecule has 1 aromatic carbocycles. The van der Waals surface area contributed by atoms with Gasteiger partial charge in [-0.05, 0) is 56.4 Å². The Morgan fingerprint density at radius 1 is 1.18 bits per heavy atom. The highest BCUT2D eigenvalue weighted by Crippen LogP contribution is 2.57. The molecule has 6 nitrogen and oxygen atoms in total. The first kappa shape index (κ1) is 26.7. The monoisotopic (exact) mass is 548 g/mol. The van der Waals surface area contributed by atoms with E-state index < -0.39 is 29.8 Å². The van der Waals surface area contributed by atoms with Crippen LogP contribution in [-0.4, -0.2) is 34.2 Å². The van der Waals surface area contributed by atoms with Gasteiger partial charge in [-0.3, -0.25) is 18.9 Å². The maximum atomic E-state index is 13.9. The Bertz CT molecular complexity index is 1270. The third-order valence-corrected chi connectivity index (χ3v) is 8.90. The van der Waals surface area contributed by atoms with Gasteiger partial charge in [0.05, 0.1) is 28.2 Å². The van der Waals surface area contributed by atoms with E-state index in [1.165, 1.54) is 12.3 Å². The zero-order valence-corrected chi connectivity index (χ0v) is 22.2. The number of fused-ring (bicyclic) bond motifs is 3. The van der Waals surface area contributed by atoms with E-state index in [2.05, 4.69) is 4.98 Å². The fraction of sp³-hybridized carbons (Fsp3) is 0.500. The highest BCUT2D eigenvalue weighted by molar-refractivity contribution is 7.88. The molecule has 2 fully saturated rings. The van der Waals surface area contributed by atoms with Crippen LogP contribution in [0.25, 0.3) is 0 Å². The number of esters is 1. The quantitative estimate of drug-likeness (QED) is 0.363. The minimum Gasteiger partial charge on any atom is -0.484 e. The van der Waals surface area contributed by atoms with Gasteiger partial charge in [-0.1, -0.05) is 37.5 Å². The lowest BCUT2D eigenvalue weighted by Gasteiger charge is -2.36. The number of hydrogen-bond donors (Lipinski definition) is 0. The molecule has 3 unspecified atom stereocenters. The normalized spacial score (nSPS) is 20.9. The number of ether oxygens (including phenoxy) is 2. The summed E-state index contributed by atoms with van der Waals surface area (Å²) in [5.41, 5.74) is 3.82. The predicted molar refractivity (Wildman–Crippen MR) is 138 cm³/mol. The SMILES string of the molecule is Cc1c(OCC(F)(F)F)ccnc1CS(=O)C1=C2CC2c2ccccc2N1C(C)OC(=O)C1CCCCC1. The maximum Gasteiger partial charge on any atom is 0.422 e. The van der Waals surface area contributed by atoms with Crippen LogP contribution < -0.4 is 9.64 Å². The van der Waals surface area contributed by atoms with Crippen LogP contribution >= 0.6 is 0 Å². The standard InChI is InChI=1S/C28H31F3N2O4S/c1-17-23(32-13-12-25(17)36-16-28(29,30)31)15-38(35)26-22-14-21(22)20-10-6-7-11-24(20)33(26)18(2)37-27(34)19-8-4-3-5-9-19/h6-7,10-13,18-19,21H,3-5,8-9,14-16H2,1-2H3. The molecule has 3 aliphatic rings. The molecule has 2 heterocycles. The van der Waals surface area contributed by atoms with Gasteiger partial charge in [0.2, 0.25) is 0 Å². The van der Waals surface area contributed by atoms with Crippen LogP contribution in [-0.2, 0) is 26.1 Å². The molecule has 1 aromatic heterocycles. The van der Waals surface area contributed by atoms with Crippen LogP contribution in [0, 0.1) is 12.8 Å². The van der Waals surface area contributed by atoms with Crippen molar-refractivity contribution in [1.82, 2.24) is 4.98 Å². The molecule has 10 heteroatoms. The number of pyridine rings is 1. The number of carbonyl (C=O) groups is 1. The topological polar surface area (TPSA) is 68.7 Å². The van der Waals surface area contributed by atoms with Gasteiger partial charge in [0, 0.05) is 23.4 Å². The molecule has 2 saturated carbocycles. The molecule has 0 saturated heterocycles. The van der Waals surface area contributed by atoms with Gasteiger partial charge in [-0.15, -0.1) is 0 Å². The maximum absolute atomic E-state index is 13.9. The van der Waals surface area contributed by atoms with Crippen molar-refractivity contribution in [3.63, 3.8) is 0 Å². The van der Waals surface area contributed by atoms with E-state index >= 15 is 0 Å². The number of carbonyl (C=O) groups excluding carboxylic acids is 1. The second-order valence-electron chi connectivity index (χ2n) is 10.2. The first-order valence-corrected chi connectivity index (χ1v) is 14.3. The zero-order chi connectivity index (χ0) is 27.0. The second-order valence-corrected chi connectivity index (χ2v) is 11.5. The molecule has 0 N–H and O–H groups in total. The van der Waals surface area contributed by atoms with E-state index in [1.54, 1.807) is 13.8 Å². The van der Waals surface area contributed by atoms with Gasteiger partial charge < -0.3 is 9.47 Å². The molecular weight excluding hydrogens is 517 g/mol. The summed E-state index contributed by atoms with van der Waals surface area (Å²) in [7, 11) is -1.59. The van der Waals surface area contributed by atoms with E-state index in [0.717, 1.165) is 55.3 Å². The Kier molecular flexibility index (Phi) is 7.53. The van der Waals surface area contributed by atoms with Crippen LogP contribution in [0.2, 0.25) is 0 Å². The van der Waals surface area contributed by atoms with Crippen molar-refractivity contribution >= 4 is 22.5 Å². The summed E-state index contributed by atoms with van der Waals surface area (Å²) in [6.45, 7) is 2.00. The van der Waals surface area contributed by atoms with Gasteiger partial charge >= 0.3 is 12.1 Å². The van der Waals surface area contributed by atoms with Crippen LogP contribution in [0.5, 0.6) is 5.75 Å². The van der Waals surface area contributed by atoms with Crippen molar-refractivity contribution in [3.8, 4) is 5.75 Å². The predicted octanol–water partition coefficient (Wildman–Crippen LogP) is 6.27. The highest BCUT2D eigenvalue weighted by Gasteiger charge is 2.46. The van der Waals surface area contributed by atoms with Crippen LogP contribution in [0.3, 0.4) is 0 Å². The van der Waals surface area contributed by atoms with Crippen LogP contribution in [0.15, 0.2) is 47.1 Å². The van der Waals surface area contributed by atoms with Gasteiger partial charge in [-0.2, -0.15) is 13.2 Å². The van der Waals surface area contributed by atoms with Crippen molar-refractivity contribution in [1.29, 1.82) is 0 Å². The fourth-order valence-corrected chi connectivity index (χ4v) is 7.11. The number of para-hydroxylation sites is 1. The Hall–Kier alpha value is -2.88. The Morgan fingerprint density at radius 3 is 2.66 bits per heavy atom. The van der Waals surface area contributed by atoms with E-state index in [1.807, 2.05) is 29.2 Å². The lowest BCUT2D eigenvalue weighted by atomic mass is 9.89. The largest absolute Gasteiger partial charge is 0.484 e. The van der Waals surface area contributed by atoms with Gasteiger partial charge in [0.1, 0.15) is 10.8 Å². The van der Waals surface area contributed by atoms with Crippen LogP contribution in [0.1, 0.15) is 68.2 Å². The summed E-state index contributed by atoms with van der Waals surface area (Å²) in [4.78, 5) is 19.2. The minimum absolute atomic E-state index is 0.00254. The fourth-order valence-electron chi connectivity index (χ4n) is 5.45. The number of allylic oxidation sites excluding steroid dienone is 1. The van der Waals surface area contributed by atoms with Crippen molar-refractivity contribution in [2.75, 3.05) is 11.5 Å².